The van der Waals surface area contributed by atoms with Gasteiger partial charge in [0.2, 0.25) is 15.2 Å². The smallest absolute Gasteiger partial charge is 0.243 e. The van der Waals surface area contributed by atoms with E-state index in [1.54, 1.807) is 49.0 Å². The number of anilines is 1. The maximum absolute atomic E-state index is 13.2. The number of hydrazone groups is 1. The minimum atomic E-state index is -3.52. The lowest BCUT2D eigenvalue weighted by Gasteiger charge is -2.20. The molecule has 0 atom stereocenters. The molecule has 10 heteroatoms. The minimum Gasteiger partial charge on any atom is -0.497 e. The summed E-state index contributed by atoms with van der Waals surface area (Å²) in [6.07, 6.45) is 5.61. The lowest BCUT2D eigenvalue weighted by atomic mass is 10.2. The van der Waals surface area contributed by atoms with Crippen LogP contribution in [0.25, 0.3) is 11.3 Å². The van der Waals surface area contributed by atoms with Crippen LogP contribution in [0.5, 0.6) is 11.5 Å². The molecule has 0 radical (unpaired) electrons. The van der Waals surface area contributed by atoms with Gasteiger partial charge in [-0.15, -0.1) is 11.3 Å². The SMILES string of the molecule is COc1ccc(C=NNc2nc(-c3cccc(S(=O)(=O)N4CCCCCC4)c3)cs2)c(OC)c1. The van der Waals surface area contributed by atoms with Gasteiger partial charge in [0.1, 0.15) is 11.5 Å². The Morgan fingerprint density at radius 3 is 2.59 bits per heavy atom. The van der Waals surface area contributed by atoms with E-state index in [9.17, 15) is 8.42 Å². The molecule has 1 aromatic heterocycles. The van der Waals surface area contributed by atoms with Crippen LogP contribution in [0.15, 0.2) is 57.8 Å². The molecule has 2 aromatic carbocycles. The fourth-order valence-electron chi connectivity index (χ4n) is 3.79. The number of nitrogens with one attached hydrogen (secondary N) is 1. The van der Waals surface area contributed by atoms with Gasteiger partial charge in [0.25, 0.3) is 0 Å². The quantitative estimate of drug-likeness (QED) is 0.352. The second-order valence-electron chi connectivity index (χ2n) is 7.86. The van der Waals surface area contributed by atoms with Gasteiger partial charge < -0.3 is 9.47 Å². The van der Waals surface area contributed by atoms with Crippen molar-refractivity contribution in [3.8, 4) is 22.8 Å². The van der Waals surface area contributed by atoms with Gasteiger partial charge in [0, 0.05) is 35.7 Å². The number of rotatable bonds is 8. The van der Waals surface area contributed by atoms with Crippen LogP contribution in [0, 0.1) is 0 Å². The highest BCUT2D eigenvalue weighted by molar-refractivity contribution is 7.89. The van der Waals surface area contributed by atoms with E-state index in [0.717, 1.165) is 36.8 Å². The predicted molar refractivity (Wildman–Crippen MR) is 136 cm³/mol. The van der Waals surface area contributed by atoms with Gasteiger partial charge >= 0.3 is 0 Å². The molecule has 1 aliphatic heterocycles. The predicted octanol–water partition coefficient (Wildman–Crippen LogP) is 4.84. The van der Waals surface area contributed by atoms with Gasteiger partial charge in [-0.2, -0.15) is 9.41 Å². The lowest BCUT2D eigenvalue weighted by Crippen LogP contribution is -2.31. The maximum atomic E-state index is 13.2. The first-order chi connectivity index (χ1) is 16.5. The van der Waals surface area contributed by atoms with Crippen molar-refractivity contribution in [1.29, 1.82) is 0 Å². The molecule has 4 rings (SSSR count). The van der Waals surface area contributed by atoms with Crippen molar-refractivity contribution in [3.63, 3.8) is 0 Å². The third-order valence-electron chi connectivity index (χ3n) is 5.64. The molecule has 1 N–H and O–H groups in total. The highest BCUT2D eigenvalue weighted by Gasteiger charge is 2.25. The van der Waals surface area contributed by atoms with Gasteiger partial charge in [-0.25, -0.2) is 13.4 Å². The number of benzene rings is 2. The Labute approximate surface area is 204 Å². The first kappa shape index (κ1) is 24.2. The summed E-state index contributed by atoms with van der Waals surface area (Å²) in [5.41, 5.74) is 5.16. The maximum Gasteiger partial charge on any atom is 0.243 e. The summed E-state index contributed by atoms with van der Waals surface area (Å²) in [6.45, 7) is 1.16. The van der Waals surface area contributed by atoms with Gasteiger partial charge in [-0.05, 0) is 37.1 Å². The zero-order valence-electron chi connectivity index (χ0n) is 19.2. The van der Waals surface area contributed by atoms with E-state index in [0.29, 0.717) is 40.3 Å². The van der Waals surface area contributed by atoms with Crippen LogP contribution in [0.1, 0.15) is 31.2 Å². The van der Waals surface area contributed by atoms with E-state index in [1.165, 1.54) is 11.3 Å². The molecule has 0 saturated carbocycles. The van der Waals surface area contributed by atoms with Crippen molar-refractivity contribution in [2.45, 2.75) is 30.6 Å². The second-order valence-corrected chi connectivity index (χ2v) is 10.7. The molecule has 1 fully saturated rings. The molecule has 34 heavy (non-hydrogen) atoms. The molecule has 0 spiro atoms. The Morgan fingerprint density at radius 1 is 1.06 bits per heavy atom. The van der Waals surface area contributed by atoms with Crippen LogP contribution in [0.3, 0.4) is 0 Å². The molecule has 0 unspecified atom stereocenters. The summed E-state index contributed by atoms with van der Waals surface area (Å²) in [5.74, 6) is 1.35. The number of thiazole rings is 1. The van der Waals surface area contributed by atoms with Crippen LogP contribution in [0.4, 0.5) is 5.13 Å². The van der Waals surface area contributed by atoms with E-state index in [2.05, 4.69) is 15.5 Å². The van der Waals surface area contributed by atoms with Gasteiger partial charge in [-0.3, -0.25) is 5.43 Å². The molecular formula is C24H28N4O4S2. The Bertz CT molecular complexity index is 1250. The summed E-state index contributed by atoms with van der Waals surface area (Å²) in [4.78, 5) is 4.87. The fraction of sp³-hybridized carbons (Fsp3) is 0.333. The molecule has 0 bridgehead atoms. The van der Waals surface area contributed by atoms with Gasteiger partial charge in [0.15, 0.2) is 0 Å². The van der Waals surface area contributed by atoms with E-state index < -0.39 is 10.0 Å². The van der Waals surface area contributed by atoms with E-state index in [1.807, 2.05) is 23.6 Å². The zero-order chi connectivity index (χ0) is 24.0. The zero-order valence-corrected chi connectivity index (χ0v) is 20.9. The molecule has 1 aliphatic rings. The Balaban J connectivity index is 1.48. The largest absolute Gasteiger partial charge is 0.497 e. The molecule has 0 amide bonds. The standard InChI is InChI=1S/C24H28N4O4S2/c1-31-20-11-10-19(23(15-20)32-2)16-25-27-24-26-22(17-33-24)18-8-7-9-21(14-18)34(29,30)28-12-5-3-4-6-13-28/h7-11,14-17H,3-6,12-13H2,1-2H3,(H,26,27). The van der Waals surface area contributed by atoms with Crippen LogP contribution in [-0.2, 0) is 10.0 Å². The first-order valence-corrected chi connectivity index (χ1v) is 13.4. The number of aromatic nitrogens is 1. The van der Waals surface area contributed by atoms with Crippen LogP contribution >= 0.6 is 11.3 Å². The van der Waals surface area contributed by atoms with Crippen molar-refractivity contribution >= 4 is 32.7 Å². The van der Waals surface area contributed by atoms with Crippen LogP contribution < -0.4 is 14.9 Å². The van der Waals surface area contributed by atoms with E-state index >= 15 is 0 Å². The fourth-order valence-corrected chi connectivity index (χ4v) is 6.02. The summed E-state index contributed by atoms with van der Waals surface area (Å²) in [5, 5.41) is 6.73. The summed E-state index contributed by atoms with van der Waals surface area (Å²) in [7, 11) is -0.324. The summed E-state index contributed by atoms with van der Waals surface area (Å²) in [6, 6.07) is 12.5. The van der Waals surface area contributed by atoms with Crippen molar-refractivity contribution in [2.24, 2.45) is 5.10 Å². The topological polar surface area (TPSA) is 93.1 Å². The molecular weight excluding hydrogens is 472 g/mol. The van der Waals surface area contributed by atoms with Crippen LogP contribution in [-0.4, -0.2) is 51.2 Å². The first-order valence-electron chi connectivity index (χ1n) is 11.1. The number of nitrogens with zero attached hydrogens (tertiary/aromatic N) is 3. The average Bonchev–Trinajstić information content (AvgIpc) is 3.16. The highest BCUT2D eigenvalue weighted by atomic mass is 32.2. The number of hydrogen-bond acceptors (Lipinski definition) is 8. The van der Waals surface area contributed by atoms with E-state index in [4.69, 9.17) is 9.47 Å². The molecule has 3 aromatic rings. The van der Waals surface area contributed by atoms with Gasteiger partial charge in [-0.1, -0.05) is 25.0 Å². The number of sulfonamides is 1. The molecule has 0 aliphatic carbocycles. The summed E-state index contributed by atoms with van der Waals surface area (Å²) < 4.78 is 38.5. The molecule has 8 nitrogen and oxygen atoms in total. The monoisotopic (exact) mass is 500 g/mol. The molecule has 180 valence electrons. The van der Waals surface area contributed by atoms with Gasteiger partial charge in [0.05, 0.1) is 31.0 Å². The third kappa shape index (κ3) is 5.57. The number of ether oxygens (including phenoxy) is 2. The Morgan fingerprint density at radius 2 is 1.85 bits per heavy atom. The van der Waals surface area contributed by atoms with Crippen molar-refractivity contribution in [3.05, 3.63) is 53.4 Å². The minimum absolute atomic E-state index is 0.305. The Kier molecular flexibility index (Phi) is 7.81. The van der Waals surface area contributed by atoms with Crippen molar-refractivity contribution < 1.29 is 17.9 Å². The Hall–Kier alpha value is -2.95. The van der Waals surface area contributed by atoms with Crippen molar-refractivity contribution in [1.82, 2.24) is 9.29 Å². The summed E-state index contributed by atoms with van der Waals surface area (Å²) >= 11 is 1.39. The lowest BCUT2D eigenvalue weighted by molar-refractivity contribution is 0.394. The van der Waals surface area contributed by atoms with Crippen LogP contribution in [0.2, 0.25) is 0 Å². The molecule has 2 heterocycles. The highest BCUT2D eigenvalue weighted by Crippen LogP contribution is 2.29. The second kappa shape index (κ2) is 11.0. The van der Waals surface area contributed by atoms with Crippen molar-refractivity contribution in [2.75, 3.05) is 32.7 Å². The normalized spacial score (nSPS) is 15.2. The molecule has 1 saturated heterocycles. The number of hydrogen-bond donors (Lipinski definition) is 1. The number of methoxy groups -OCH3 is 2. The van der Waals surface area contributed by atoms with E-state index in [-0.39, 0.29) is 0 Å². The average molecular weight is 501 g/mol. The third-order valence-corrected chi connectivity index (χ3v) is 8.28.